The molecule has 1 heterocycles. The van der Waals surface area contributed by atoms with Crippen LogP contribution in [0.1, 0.15) is 29.6 Å². The minimum atomic E-state index is -1.03. The van der Waals surface area contributed by atoms with Gasteiger partial charge in [-0.3, -0.25) is 10.6 Å². The smallest absolute Gasteiger partial charge is 0.198 e. The molecule has 4 heteroatoms. The second-order valence-corrected chi connectivity index (χ2v) is 4.27. The van der Waals surface area contributed by atoms with E-state index in [0.717, 1.165) is 12.8 Å². The number of hydrogen-bond acceptors (Lipinski definition) is 4. The van der Waals surface area contributed by atoms with Crippen LogP contribution in [-0.2, 0) is 0 Å². The molecule has 0 radical (unpaired) electrons. The van der Waals surface area contributed by atoms with Gasteiger partial charge in [-0.05, 0) is 19.3 Å². The van der Waals surface area contributed by atoms with Crippen LogP contribution in [0, 0.1) is 0 Å². The van der Waals surface area contributed by atoms with Gasteiger partial charge in [0, 0.05) is 12.1 Å². The summed E-state index contributed by atoms with van der Waals surface area (Å²) >= 11 is 0. The summed E-state index contributed by atoms with van der Waals surface area (Å²) in [6.45, 7) is 0.676. The zero-order valence-corrected chi connectivity index (χ0v) is 9.23. The molecule has 4 N–H and O–H groups in total. The lowest BCUT2D eigenvalue weighted by Crippen LogP contribution is -2.66. The Labute approximate surface area is 95.2 Å². The molecule has 0 aromatic heterocycles. The second kappa shape index (κ2) is 4.33. The van der Waals surface area contributed by atoms with Gasteiger partial charge in [0.25, 0.3) is 0 Å². The standard InChI is InChI=1S/C12H17N3O/c13-12(8-4-5-9-15(12)14)11(16)10-6-2-1-3-7-10/h1-3,6-7H,4-5,8-9,13-14H2. The van der Waals surface area contributed by atoms with Crippen molar-refractivity contribution in [3.8, 4) is 0 Å². The summed E-state index contributed by atoms with van der Waals surface area (Å²) in [5.41, 5.74) is 5.73. The van der Waals surface area contributed by atoms with Crippen LogP contribution in [-0.4, -0.2) is 23.0 Å². The maximum absolute atomic E-state index is 12.3. The van der Waals surface area contributed by atoms with E-state index < -0.39 is 5.66 Å². The van der Waals surface area contributed by atoms with Crippen LogP contribution in [0.4, 0.5) is 0 Å². The number of nitrogens with zero attached hydrogens (tertiary/aromatic N) is 1. The fraction of sp³-hybridized carbons (Fsp3) is 0.417. The van der Waals surface area contributed by atoms with Gasteiger partial charge in [0.15, 0.2) is 5.78 Å². The van der Waals surface area contributed by atoms with Crippen molar-refractivity contribution in [3.05, 3.63) is 35.9 Å². The third-order valence-electron chi connectivity index (χ3n) is 3.15. The van der Waals surface area contributed by atoms with Crippen molar-refractivity contribution < 1.29 is 4.79 Å². The van der Waals surface area contributed by atoms with E-state index in [0.29, 0.717) is 18.5 Å². The molecule has 1 atom stereocenters. The van der Waals surface area contributed by atoms with Gasteiger partial charge in [0.1, 0.15) is 5.66 Å². The highest BCUT2D eigenvalue weighted by molar-refractivity contribution is 6.02. The fourth-order valence-corrected chi connectivity index (χ4v) is 2.10. The molecule has 1 unspecified atom stereocenters. The number of rotatable bonds is 2. The molecule has 0 amide bonds. The first-order valence-electron chi connectivity index (χ1n) is 5.56. The highest BCUT2D eigenvalue weighted by atomic mass is 16.1. The average molecular weight is 219 g/mol. The Morgan fingerprint density at radius 3 is 2.56 bits per heavy atom. The Hall–Kier alpha value is -1.23. The quantitative estimate of drug-likeness (QED) is 0.572. The molecule has 86 valence electrons. The van der Waals surface area contributed by atoms with Crippen LogP contribution >= 0.6 is 0 Å². The number of piperidine rings is 1. The fourth-order valence-electron chi connectivity index (χ4n) is 2.10. The monoisotopic (exact) mass is 219 g/mol. The molecule has 1 fully saturated rings. The maximum Gasteiger partial charge on any atom is 0.198 e. The Kier molecular flexibility index (Phi) is 3.05. The summed E-state index contributed by atoms with van der Waals surface area (Å²) in [5, 5.41) is 1.48. The van der Waals surface area contributed by atoms with Crippen LogP contribution in [0.25, 0.3) is 0 Å². The molecule has 4 nitrogen and oxygen atoms in total. The molecule has 2 rings (SSSR count). The minimum absolute atomic E-state index is 0.0877. The summed E-state index contributed by atoms with van der Waals surface area (Å²) < 4.78 is 0. The van der Waals surface area contributed by atoms with E-state index in [1.807, 2.05) is 18.2 Å². The van der Waals surface area contributed by atoms with Crippen molar-refractivity contribution in [3.63, 3.8) is 0 Å². The lowest BCUT2D eigenvalue weighted by atomic mass is 9.90. The van der Waals surface area contributed by atoms with Crippen molar-refractivity contribution >= 4 is 5.78 Å². The number of Topliss-reactive ketones (excluding diaryl/α,β-unsaturated/α-hetero) is 1. The SMILES string of the molecule is NN1CCCCC1(N)C(=O)c1ccccc1. The van der Waals surface area contributed by atoms with Gasteiger partial charge in [-0.2, -0.15) is 0 Å². The molecule has 1 aliphatic heterocycles. The van der Waals surface area contributed by atoms with E-state index in [-0.39, 0.29) is 5.78 Å². The predicted molar refractivity (Wildman–Crippen MR) is 62.4 cm³/mol. The molecular formula is C12H17N3O. The molecule has 16 heavy (non-hydrogen) atoms. The molecule has 0 bridgehead atoms. The molecule has 0 saturated carbocycles. The summed E-state index contributed by atoms with van der Waals surface area (Å²) in [6.07, 6.45) is 2.57. The average Bonchev–Trinajstić information content (AvgIpc) is 2.33. The van der Waals surface area contributed by atoms with Crippen molar-refractivity contribution in [2.45, 2.75) is 24.9 Å². The topological polar surface area (TPSA) is 72.3 Å². The molecule has 0 spiro atoms. The Morgan fingerprint density at radius 2 is 1.94 bits per heavy atom. The van der Waals surface area contributed by atoms with E-state index in [1.165, 1.54) is 5.01 Å². The molecule has 1 saturated heterocycles. The molecular weight excluding hydrogens is 202 g/mol. The Morgan fingerprint density at radius 1 is 1.25 bits per heavy atom. The lowest BCUT2D eigenvalue weighted by Gasteiger charge is -2.40. The number of benzene rings is 1. The normalized spacial score (nSPS) is 26.6. The van der Waals surface area contributed by atoms with Gasteiger partial charge < -0.3 is 5.73 Å². The van der Waals surface area contributed by atoms with E-state index in [2.05, 4.69) is 0 Å². The van der Waals surface area contributed by atoms with Gasteiger partial charge in [-0.25, -0.2) is 5.01 Å². The third-order valence-corrected chi connectivity index (χ3v) is 3.15. The van der Waals surface area contributed by atoms with E-state index >= 15 is 0 Å². The lowest BCUT2D eigenvalue weighted by molar-refractivity contribution is 0.0383. The van der Waals surface area contributed by atoms with Crippen LogP contribution in [0.3, 0.4) is 0 Å². The summed E-state index contributed by atoms with van der Waals surface area (Å²) in [6, 6.07) is 9.10. The van der Waals surface area contributed by atoms with Crippen molar-refractivity contribution in [1.29, 1.82) is 0 Å². The summed E-state index contributed by atoms with van der Waals surface area (Å²) in [7, 11) is 0. The van der Waals surface area contributed by atoms with Crippen molar-refractivity contribution in [2.75, 3.05) is 6.54 Å². The van der Waals surface area contributed by atoms with Gasteiger partial charge in [0.2, 0.25) is 0 Å². The third kappa shape index (κ3) is 1.87. The predicted octanol–water partition coefficient (Wildman–Crippen LogP) is 0.884. The highest BCUT2D eigenvalue weighted by Gasteiger charge is 2.40. The molecule has 1 aliphatic rings. The van der Waals surface area contributed by atoms with Gasteiger partial charge >= 0.3 is 0 Å². The molecule has 1 aromatic carbocycles. The van der Waals surface area contributed by atoms with Crippen molar-refractivity contribution in [2.24, 2.45) is 11.6 Å². The first kappa shape index (κ1) is 11.3. The van der Waals surface area contributed by atoms with Crippen LogP contribution < -0.4 is 11.6 Å². The van der Waals surface area contributed by atoms with E-state index in [1.54, 1.807) is 12.1 Å². The van der Waals surface area contributed by atoms with E-state index in [4.69, 9.17) is 11.6 Å². The molecule has 0 aliphatic carbocycles. The first-order valence-corrected chi connectivity index (χ1v) is 5.56. The number of nitrogens with two attached hydrogens (primary N) is 2. The summed E-state index contributed by atoms with van der Waals surface area (Å²) in [5.74, 6) is 5.75. The maximum atomic E-state index is 12.3. The Balaban J connectivity index is 2.26. The van der Waals surface area contributed by atoms with Crippen LogP contribution in [0.2, 0.25) is 0 Å². The largest absolute Gasteiger partial charge is 0.306 e. The van der Waals surface area contributed by atoms with Crippen LogP contribution in [0.15, 0.2) is 30.3 Å². The zero-order valence-electron chi connectivity index (χ0n) is 9.23. The number of hydrogen-bond donors (Lipinski definition) is 2. The van der Waals surface area contributed by atoms with Gasteiger partial charge in [0.05, 0.1) is 0 Å². The minimum Gasteiger partial charge on any atom is -0.306 e. The van der Waals surface area contributed by atoms with Gasteiger partial charge in [-0.1, -0.05) is 30.3 Å². The second-order valence-electron chi connectivity index (χ2n) is 4.27. The Bertz CT molecular complexity index is 379. The first-order chi connectivity index (χ1) is 7.64. The number of ketones is 1. The summed E-state index contributed by atoms with van der Waals surface area (Å²) in [4.78, 5) is 12.3. The number of hydrazine groups is 1. The molecule has 1 aromatic rings. The highest BCUT2D eigenvalue weighted by Crippen LogP contribution is 2.24. The van der Waals surface area contributed by atoms with Gasteiger partial charge in [-0.15, -0.1) is 0 Å². The number of carbonyl (C=O) groups is 1. The zero-order chi connectivity index (χ0) is 11.6. The van der Waals surface area contributed by atoms with Crippen LogP contribution in [0.5, 0.6) is 0 Å². The van der Waals surface area contributed by atoms with E-state index in [9.17, 15) is 4.79 Å². The van der Waals surface area contributed by atoms with Crippen molar-refractivity contribution in [1.82, 2.24) is 5.01 Å². The number of carbonyl (C=O) groups excluding carboxylic acids is 1.